The molecule has 2 fully saturated rings. The van der Waals surface area contributed by atoms with E-state index < -0.39 is 9.84 Å². The fourth-order valence-corrected chi connectivity index (χ4v) is 5.74. The Morgan fingerprint density at radius 2 is 1.84 bits per heavy atom. The molecule has 2 aliphatic heterocycles. The van der Waals surface area contributed by atoms with E-state index in [1.165, 1.54) is 5.56 Å². The summed E-state index contributed by atoms with van der Waals surface area (Å²) in [4.78, 5) is 19.1. The number of carbonyl (C=O) groups is 1. The second-order valence-corrected chi connectivity index (χ2v) is 10.6. The topological polar surface area (TPSA) is 103 Å². The SMILES string of the molecule is CCNC(=NCCC(=O)NC1CCS(=O)(=O)C1)NC1CCN(Cc2ccccc2)CC1. The van der Waals surface area contributed by atoms with Gasteiger partial charge in [0.2, 0.25) is 5.91 Å². The van der Waals surface area contributed by atoms with Gasteiger partial charge in [-0.2, -0.15) is 0 Å². The van der Waals surface area contributed by atoms with Crippen LogP contribution >= 0.6 is 0 Å². The first-order valence-corrected chi connectivity index (χ1v) is 13.1. The molecule has 172 valence electrons. The fourth-order valence-electron chi connectivity index (χ4n) is 4.07. The number of guanidine groups is 1. The van der Waals surface area contributed by atoms with Gasteiger partial charge in [0.25, 0.3) is 0 Å². The average molecular weight is 450 g/mol. The molecule has 0 aromatic heterocycles. The van der Waals surface area contributed by atoms with Crippen molar-refractivity contribution in [2.24, 2.45) is 4.99 Å². The number of likely N-dealkylation sites (tertiary alicyclic amines) is 1. The molecule has 0 aliphatic carbocycles. The Hall–Kier alpha value is -2.13. The minimum absolute atomic E-state index is 0.0508. The van der Waals surface area contributed by atoms with Crippen molar-refractivity contribution in [3.05, 3.63) is 35.9 Å². The Morgan fingerprint density at radius 3 is 2.48 bits per heavy atom. The third-order valence-electron chi connectivity index (χ3n) is 5.73. The monoisotopic (exact) mass is 449 g/mol. The summed E-state index contributed by atoms with van der Waals surface area (Å²) in [7, 11) is -2.99. The maximum Gasteiger partial charge on any atom is 0.222 e. The summed E-state index contributed by atoms with van der Waals surface area (Å²) in [5.74, 6) is 0.806. The number of hydrogen-bond donors (Lipinski definition) is 3. The highest BCUT2D eigenvalue weighted by molar-refractivity contribution is 7.91. The van der Waals surface area contributed by atoms with Gasteiger partial charge in [0.15, 0.2) is 15.8 Å². The number of amides is 1. The minimum Gasteiger partial charge on any atom is -0.357 e. The molecule has 8 nitrogen and oxygen atoms in total. The van der Waals surface area contributed by atoms with Gasteiger partial charge in [-0.1, -0.05) is 30.3 Å². The predicted octanol–water partition coefficient (Wildman–Crippen LogP) is 0.900. The van der Waals surface area contributed by atoms with Gasteiger partial charge < -0.3 is 16.0 Å². The molecule has 0 radical (unpaired) electrons. The van der Waals surface area contributed by atoms with Crippen molar-refractivity contribution in [3.8, 4) is 0 Å². The van der Waals surface area contributed by atoms with Crippen molar-refractivity contribution in [3.63, 3.8) is 0 Å². The van der Waals surface area contributed by atoms with E-state index in [1.54, 1.807) is 0 Å². The lowest BCUT2D eigenvalue weighted by molar-refractivity contribution is -0.121. The van der Waals surface area contributed by atoms with E-state index in [1.807, 2.05) is 13.0 Å². The maximum absolute atomic E-state index is 12.1. The molecular weight excluding hydrogens is 414 g/mol. The van der Waals surface area contributed by atoms with Crippen LogP contribution in [0.1, 0.15) is 38.2 Å². The van der Waals surface area contributed by atoms with Crippen LogP contribution in [0, 0.1) is 0 Å². The van der Waals surface area contributed by atoms with Crippen LogP contribution in [0.5, 0.6) is 0 Å². The summed E-state index contributed by atoms with van der Waals surface area (Å²) in [6, 6.07) is 10.7. The molecular formula is C22H35N5O3S. The number of sulfone groups is 1. The van der Waals surface area contributed by atoms with E-state index in [2.05, 4.69) is 50.1 Å². The van der Waals surface area contributed by atoms with Gasteiger partial charge in [-0.25, -0.2) is 8.42 Å². The van der Waals surface area contributed by atoms with Crippen molar-refractivity contribution < 1.29 is 13.2 Å². The highest BCUT2D eigenvalue weighted by atomic mass is 32.2. The molecule has 2 aliphatic rings. The molecule has 2 saturated heterocycles. The van der Waals surface area contributed by atoms with Crippen LogP contribution in [0.4, 0.5) is 0 Å². The van der Waals surface area contributed by atoms with E-state index in [4.69, 9.17) is 0 Å². The van der Waals surface area contributed by atoms with Crippen LogP contribution in [-0.4, -0.2) is 75.0 Å². The highest BCUT2D eigenvalue weighted by Gasteiger charge is 2.28. The van der Waals surface area contributed by atoms with Crippen molar-refractivity contribution in [2.45, 2.75) is 51.2 Å². The summed E-state index contributed by atoms with van der Waals surface area (Å²) in [6.45, 7) is 6.21. The van der Waals surface area contributed by atoms with Gasteiger partial charge in [0, 0.05) is 44.7 Å². The number of piperidine rings is 1. The van der Waals surface area contributed by atoms with Crippen LogP contribution in [0.3, 0.4) is 0 Å². The van der Waals surface area contributed by atoms with Gasteiger partial charge in [0.1, 0.15) is 0 Å². The zero-order chi connectivity index (χ0) is 22.1. The van der Waals surface area contributed by atoms with Crippen molar-refractivity contribution in [2.75, 3.05) is 37.7 Å². The van der Waals surface area contributed by atoms with Gasteiger partial charge >= 0.3 is 0 Å². The Bertz CT molecular complexity index is 836. The molecule has 9 heteroatoms. The quantitative estimate of drug-likeness (QED) is 0.403. The van der Waals surface area contributed by atoms with Crippen molar-refractivity contribution in [1.29, 1.82) is 0 Å². The zero-order valence-electron chi connectivity index (χ0n) is 18.3. The summed E-state index contributed by atoms with van der Waals surface area (Å²) in [5, 5.41) is 9.57. The number of benzene rings is 1. The van der Waals surface area contributed by atoms with Gasteiger partial charge in [0.05, 0.1) is 18.1 Å². The Labute approximate surface area is 185 Å². The molecule has 2 heterocycles. The molecule has 31 heavy (non-hydrogen) atoms. The summed E-state index contributed by atoms with van der Waals surface area (Å²) < 4.78 is 23.0. The van der Waals surface area contributed by atoms with Crippen molar-refractivity contribution in [1.82, 2.24) is 20.9 Å². The van der Waals surface area contributed by atoms with E-state index in [9.17, 15) is 13.2 Å². The second kappa shape index (κ2) is 11.5. The fraction of sp³-hybridized carbons (Fsp3) is 0.636. The molecule has 0 spiro atoms. The molecule has 0 saturated carbocycles. The van der Waals surface area contributed by atoms with E-state index in [0.717, 1.165) is 45.0 Å². The first-order valence-electron chi connectivity index (χ1n) is 11.2. The molecule has 1 atom stereocenters. The normalized spacial score (nSPS) is 22.2. The zero-order valence-corrected chi connectivity index (χ0v) is 19.2. The van der Waals surface area contributed by atoms with E-state index in [-0.39, 0.29) is 29.9 Å². The molecule has 0 bridgehead atoms. The largest absolute Gasteiger partial charge is 0.357 e. The van der Waals surface area contributed by atoms with Crippen LogP contribution in [-0.2, 0) is 21.2 Å². The smallest absolute Gasteiger partial charge is 0.222 e. The first-order chi connectivity index (χ1) is 14.9. The number of hydrogen-bond acceptors (Lipinski definition) is 5. The predicted molar refractivity (Wildman–Crippen MR) is 124 cm³/mol. The number of aliphatic imine (C=N–C) groups is 1. The summed E-state index contributed by atoms with van der Waals surface area (Å²) in [5.41, 5.74) is 1.34. The lowest BCUT2D eigenvalue weighted by Gasteiger charge is -2.33. The number of rotatable bonds is 8. The third-order valence-corrected chi connectivity index (χ3v) is 7.50. The Kier molecular flexibility index (Phi) is 8.71. The molecule has 1 aromatic rings. The molecule has 3 rings (SSSR count). The first kappa shape index (κ1) is 23.5. The Balaban J connectivity index is 1.39. The maximum atomic E-state index is 12.1. The van der Waals surface area contributed by atoms with E-state index >= 15 is 0 Å². The molecule has 1 amide bonds. The second-order valence-electron chi connectivity index (χ2n) is 8.36. The van der Waals surface area contributed by atoms with Gasteiger partial charge in [-0.05, 0) is 31.7 Å². The third kappa shape index (κ3) is 8.14. The van der Waals surface area contributed by atoms with Gasteiger partial charge in [-0.15, -0.1) is 0 Å². The lowest BCUT2D eigenvalue weighted by atomic mass is 10.0. The van der Waals surface area contributed by atoms with Crippen molar-refractivity contribution >= 4 is 21.7 Å². The van der Waals surface area contributed by atoms with Crippen LogP contribution in [0.2, 0.25) is 0 Å². The Morgan fingerprint density at radius 1 is 1.10 bits per heavy atom. The van der Waals surface area contributed by atoms with Gasteiger partial charge in [-0.3, -0.25) is 14.7 Å². The summed E-state index contributed by atoms with van der Waals surface area (Å²) >= 11 is 0. The lowest BCUT2D eigenvalue weighted by Crippen LogP contribution is -2.48. The number of carbonyl (C=O) groups excluding carboxylic acids is 1. The van der Waals surface area contributed by atoms with Crippen LogP contribution < -0.4 is 16.0 Å². The number of nitrogens with zero attached hydrogens (tertiary/aromatic N) is 2. The molecule has 1 aromatic carbocycles. The number of nitrogens with one attached hydrogen (secondary N) is 3. The highest BCUT2D eigenvalue weighted by Crippen LogP contribution is 2.14. The standard InChI is InChI=1S/C22H35N5O3S/c1-2-23-22(24-12-8-21(28)25-20-11-15-31(29,30)17-20)26-19-9-13-27(14-10-19)16-18-6-4-3-5-7-18/h3-7,19-20H,2,8-17H2,1H3,(H,25,28)(H2,23,24,26). The van der Waals surface area contributed by atoms with Crippen LogP contribution in [0.25, 0.3) is 0 Å². The minimum atomic E-state index is -2.99. The molecule has 3 N–H and O–H groups in total. The summed E-state index contributed by atoms with van der Waals surface area (Å²) in [6.07, 6.45) is 2.86. The van der Waals surface area contributed by atoms with Crippen LogP contribution in [0.15, 0.2) is 35.3 Å². The molecule has 1 unspecified atom stereocenters. The van der Waals surface area contributed by atoms with E-state index in [0.29, 0.717) is 19.0 Å². The average Bonchev–Trinajstić information content (AvgIpc) is 3.08.